The summed E-state index contributed by atoms with van der Waals surface area (Å²) in [7, 11) is -1.22. The summed E-state index contributed by atoms with van der Waals surface area (Å²) in [5.41, 5.74) is 1.76. The average molecular weight is 263 g/mol. The van der Waals surface area contributed by atoms with Crippen molar-refractivity contribution in [2.45, 2.75) is 45.5 Å². The van der Waals surface area contributed by atoms with Crippen molar-refractivity contribution < 1.29 is 4.79 Å². The molecule has 100 valence electrons. The number of carbonyl (C=O) groups is 1. The maximum atomic E-state index is 11.8. The Labute approximate surface area is 112 Å². The monoisotopic (exact) mass is 263 g/mol. The second-order valence-electron chi connectivity index (χ2n) is 5.90. The highest BCUT2D eigenvalue weighted by molar-refractivity contribution is 6.78. The van der Waals surface area contributed by atoms with Crippen LogP contribution >= 0.6 is 0 Å². The van der Waals surface area contributed by atoms with E-state index < -0.39 is 8.07 Å². The quantitative estimate of drug-likeness (QED) is 0.731. The Balaban J connectivity index is 2.75. The molecule has 0 aromatic heterocycles. The zero-order chi connectivity index (χ0) is 13.8. The summed E-state index contributed by atoms with van der Waals surface area (Å²) in [5, 5.41) is 0. The number of para-hydroxylation sites is 1. The summed E-state index contributed by atoms with van der Waals surface area (Å²) in [5.74, 6) is 0.134. The van der Waals surface area contributed by atoms with Gasteiger partial charge in [-0.25, -0.2) is 0 Å². The van der Waals surface area contributed by atoms with E-state index in [4.69, 9.17) is 0 Å². The summed E-state index contributed by atoms with van der Waals surface area (Å²) in [6, 6.07) is 11.1. The lowest BCUT2D eigenvalue weighted by Crippen LogP contribution is -2.37. The lowest BCUT2D eigenvalue weighted by atomic mass is 10.3. The highest BCUT2D eigenvalue weighted by Crippen LogP contribution is 2.26. The van der Waals surface area contributed by atoms with Gasteiger partial charge >= 0.3 is 0 Å². The SMILES string of the molecule is CC(=O)N(CC[Si](C)(C)C(C)C)c1ccccc1. The van der Waals surface area contributed by atoms with E-state index >= 15 is 0 Å². The molecule has 1 aromatic rings. The van der Waals surface area contributed by atoms with Gasteiger partial charge in [0, 0.05) is 19.2 Å². The Morgan fingerprint density at radius 2 is 1.78 bits per heavy atom. The molecule has 1 amide bonds. The van der Waals surface area contributed by atoms with Gasteiger partial charge in [-0.05, 0) is 18.2 Å². The van der Waals surface area contributed by atoms with Gasteiger partial charge in [0.1, 0.15) is 0 Å². The Bertz CT molecular complexity index is 387. The van der Waals surface area contributed by atoms with Gasteiger partial charge in [-0.3, -0.25) is 4.79 Å². The van der Waals surface area contributed by atoms with Gasteiger partial charge in [-0.2, -0.15) is 0 Å². The summed E-state index contributed by atoms with van der Waals surface area (Å²) in [4.78, 5) is 13.7. The van der Waals surface area contributed by atoms with E-state index in [-0.39, 0.29) is 5.91 Å². The van der Waals surface area contributed by atoms with Crippen molar-refractivity contribution in [1.82, 2.24) is 0 Å². The Morgan fingerprint density at radius 3 is 2.22 bits per heavy atom. The van der Waals surface area contributed by atoms with Crippen molar-refractivity contribution in [2.24, 2.45) is 0 Å². The van der Waals surface area contributed by atoms with Crippen LogP contribution in [0.2, 0.25) is 24.7 Å². The number of carbonyl (C=O) groups excluding carboxylic acids is 1. The second kappa shape index (κ2) is 6.18. The van der Waals surface area contributed by atoms with Gasteiger partial charge in [0.25, 0.3) is 0 Å². The van der Waals surface area contributed by atoms with E-state index in [1.54, 1.807) is 6.92 Å². The van der Waals surface area contributed by atoms with E-state index in [2.05, 4.69) is 26.9 Å². The summed E-state index contributed by atoms with van der Waals surface area (Å²) >= 11 is 0. The predicted octanol–water partition coefficient (Wildman–Crippen LogP) is 4.16. The van der Waals surface area contributed by atoms with E-state index in [9.17, 15) is 4.79 Å². The van der Waals surface area contributed by atoms with Crippen molar-refractivity contribution >= 4 is 19.7 Å². The second-order valence-corrected chi connectivity index (χ2v) is 11.5. The number of amides is 1. The fraction of sp³-hybridized carbons (Fsp3) is 0.533. The molecule has 0 bridgehead atoms. The molecule has 0 spiro atoms. The zero-order valence-corrected chi connectivity index (χ0v) is 13.2. The van der Waals surface area contributed by atoms with Gasteiger partial charge in [-0.15, -0.1) is 0 Å². The van der Waals surface area contributed by atoms with E-state index in [0.29, 0.717) is 0 Å². The molecule has 0 unspecified atom stereocenters. The first-order valence-electron chi connectivity index (χ1n) is 6.68. The normalized spacial score (nSPS) is 11.7. The molecule has 18 heavy (non-hydrogen) atoms. The molecule has 1 rings (SSSR count). The topological polar surface area (TPSA) is 20.3 Å². The summed E-state index contributed by atoms with van der Waals surface area (Å²) < 4.78 is 0. The predicted molar refractivity (Wildman–Crippen MR) is 81.9 cm³/mol. The smallest absolute Gasteiger partial charge is 0.223 e. The number of rotatable bonds is 5. The Morgan fingerprint density at radius 1 is 1.22 bits per heavy atom. The van der Waals surface area contributed by atoms with Crippen molar-refractivity contribution in [3.8, 4) is 0 Å². The summed E-state index contributed by atoms with van der Waals surface area (Å²) in [6.45, 7) is 11.9. The number of benzene rings is 1. The number of hydrogen-bond acceptors (Lipinski definition) is 1. The average Bonchev–Trinajstić information content (AvgIpc) is 2.29. The third kappa shape index (κ3) is 3.98. The lowest BCUT2D eigenvalue weighted by molar-refractivity contribution is -0.116. The molecular weight excluding hydrogens is 238 g/mol. The standard InChI is InChI=1S/C15H25NOSi/c1-13(2)18(4,5)12-11-16(14(3)17)15-9-7-6-8-10-15/h6-10,13H,11-12H2,1-5H3. The van der Waals surface area contributed by atoms with Crippen molar-refractivity contribution in [3.63, 3.8) is 0 Å². The lowest BCUT2D eigenvalue weighted by Gasteiger charge is -2.30. The van der Waals surface area contributed by atoms with Crippen LogP contribution in [0, 0.1) is 0 Å². The van der Waals surface area contributed by atoms with E-state index in [1.165, 1.54) is 0 Å². The highest BCUT2D eigenvalue weighted by atomic mass is 28.3. The fourth-order valence-electron chi connectivity index (χ4n) is 1.76. The van der Waals surface area contributed by atoms with Crippen LogP contribution in [-0.2, 0) is 4.79 Å². The van der Waals surface area contributed by atoms with Gasteiger partial charge in [0.2, 0.25) is 5.91 Å². The highest BCUT2D eigenvalue weighted by Gasteiger charge is 2.26. The first-order valence-corrected chi connectivity index (χ1v) is 9.96. The van der Waals surface area contributed by atoms with Crippen molar-refractivity contribution in [1.29, 1.82) is 0 Å². The van der Waals surface area contributed by atoms with Crippen molar-refractivity contribution in [3.05, 3.63) is 30.3 Å². The van der Waals surface area contributed by atoms with E-state index in [1.807, 2.05) is 35.2 Å². The number of anilines is 1. The molecule has 0 aliphatic rings. The van der Waals surface area contributed by atoms with Crippen LogP contribution < -0.4 is 4.90 Å². The number of nitrogens with zero attached hydrogens (tertiary/aromatic N) is 1. The minimum atomic E-state index is -1.22. The summed E-state index contributed by atoms with van der Waals surface area (Å²) in [6.07, 6.45) is 0. The van der Waals surface area contributed by atoms with Gasteiger partial charge in [0.15, 0.2) is 0 Å². The van der Waals surface area contributed by atoms with Crippen LogP contribution in [0.15, 0.2) is 30.3 Å². The third-order valence-electron chi connectivity index (χ3n) is 3.99. The Hall–Kier alpha value is -1.09. The maximum Gasteiger partial charge on any atom is 0.223 e. The van der Waals surface area contributed by atoms with Crippen molar-refractivity contribution in [2.75, 3.05) is 11.4 Å². The molecule has 0 aliphatic carbocycles. The molecule has 0 aliphatic heterocycles. The maximum absolute atomic E-state index is 11.8. The van der Waals surface area contributed by atoms with Crippen LogP contribution in [0.5, 0.6) is 0 Å². The minimum absolute atomic E-state index is 0.134. The van der Waals surface area contributed by atoms with Gasteiger partial charge in [0.05, 0.1) is 8.07 Å². The largest absolute Gasteiger partial charge is 0.313 e. The fourth-order valence-corrected chi connectivity index (χ4v) is 3.14. The molecule has 0 N–H and O–H groups in total. The van der Waals surface area contributed by atoms with Crippen LogP contribution in [0.25, 0.3) is 0 Å². The first-order chi connectivity index (χ1) is 8.34. The molecule has 0 heterocycles. The molecule has 0 radical (unpaired) electrons. The zero-order valence-electron chi connectivity index (χ0n) is 12.2. The first kappa shape index (κ1) is 15.0. The molecule has 1 aromatic carbocycles. The van der Waals surface area contributed by atoms with Crippen LogP contribution in [0.1, 0.15) is 20.8 Å². The molecule has 2 nitrogen and oxygen atoms in total. The molecule has 0 atom stereocenters. The van der Waals surface area contributed by atoms with Gasteiger partial charge in [-0.1, -0.05) is 50.7 Å². The molecule has 0 saturated heterocycles. The van der Waals surface area contributed by atoms with Crippen LogP contribution in [0.4, 0.5) is 5.69 Å². The number of hydrogen-bond donors (Lipinski definition) is 0. The molecule has 3 heteroatoms. The minimum Gasteiger partial charge on any atom is -0.313 e. The molecular formula is C15H25NOSi. The van der Waals surface area contributed by atoms with Crippen LogP contribution in [0.3, 0.4) is 0 Å². The van der Waals surface area contributed by atoms with Crippen LogP contribution in [-0.4, -0.2) is 20.5 Å². The Kier molecular flexibility index (Phi) is 5.14. The third-order valence-corrected chi connectivity index (χ3v) is 8.63. The van der Waals surface area contributed by atoms with E-state index in [0.717, 1.165) is 23.8 Å². The molecule has 0 fully saturated rings. The van der Waals surface area contributed by atoms with Gasteiger partial charge < -0.3 is 4.90 Å². The molecule has 0 saturated carbocycles.